The minimum Gasteiger partial charge on any atom is -0.454 e. The van der Waals surface area contributed by atoms with Gasteiger partial charge in [0.2, 0.25) is 6.79 Å². The SMILES string of the molecule is O=C(Nc1ccc2c(c1)OCO2)Nc1nc2c(s1)CCCC2. The van der Waals surface area contributed by atoms with Crippen LogP contribution in [0, 0.1) is 0 Å². The Hall–Kier alpha value is -2.28. The first-order valence-electron chi connectivity index (χ1n) is 7.24. The smallest absolute Gasteiger partial charge is 0.325 e. The molecule has 0 saturated heterocycles. The van der Waals surface area contributed by atoms with Crippen LogP contribution >= 0.6 is 11.3 Å². The number of urea groups is 1. The molecule has 7 heteroatoms. The van der Waals surface area contributed by atoms with E-state index in [-0.39, 0.29) is 12.8 Å². The fourth-order valence-electron chi connectivity index (χ4n) is 2.64. The first-order valence-corrected chi connectivity index (χ1v) is 8.06. The second-order valence-electron chi connectivity index (χ2n) is 5.24. The fourth-order valence-corrected chi connectivity index (χ4v) is 3.68. The van der Waals surface area contributed by atoms with E-state index in [1.807, 2.05) is 0 Å². The molecular formula is C15H15N3O3S. The van der Waals surface area contributed by atoms with E-state index in [0.29, 0.717) is 22.3 Å². The number of anilines is 2. The lowest BCUT2D eigenvalue weighted by molar-refractivity contribution is 0.174. The third-order valence-corrected chi connectivity index (χ3v) is 4.77. The molecule has 0 atom stereocenters. The van der Waals surface area contributed by atoms with E-state index in [0.717, 1.165) is 18.5 Å². The zero-order valence-corrected chi connectivity index (χ0v) is 12.7. The number of aryl methyl sites for hydroxylation is 2. The predicted molar refractivity (Wildman–Crippen MR) is 84.0 cm³/mol. The topological polar surface area (TPSA) is 72.5 Å². The van der Waals surface area contributed by atoms with Gasteiger partial charge in [-0.2, -0.15) is 0 Å². The quantitative estimate of drug-likeness (QED) is 0.890. The molecule has 2 amide bonds. The van der Waals surface area contributed by atoms with Crippen LogP contribution in [0.1, 0.15) is 23.4 Å². The average molecular weight is 317 g/mol. The maximum Gasteiger partial charge on any atom is 0.325 e. The molecular weight excluding hydrogens is 302 g/mol. The molecule has 0 fully saturated rings. The summed E-state index contributed by atoms with van der Waals surface area (Å²) in [5.41, 5.74) is 1.79. The highest BCUT2D eigenvalue weighted by Gasteiger charge is 2.17. The van der Waals surface area contributed by atoms with E-state index in [1.54, 1.807) is 29.5 Å². The number of thiazole rings is 1. The number of carbonyl (C=O) groups is 1. The molecule has 0 unspecified atom stereocenters. The zero-order chi connectivity index (χ0) is 14.9. The number of nitrogens with zero attached hydrogens (tertiary/aromatic N) is 1. The predicted octanol–water partition coefficient (Wildman–Crippen LogP) is 3.39. The summed E-state index contributed by atoms with van der Waals surface area (Å²) in [4.78, 5) is 17.9. The number of carbonyl (C=O) groups excluding carboxylic acids is 1. The van der Waals surface area contributed by atoms with Crippen molar-refractivity contribution in [3.63, 3.8) is 0 Å². The lowest BCUT2D eigenvalue weighted by Crippen LogP contribution is -2.19. The van der Waals surface area contributed by atoms with Crippen molar-refractivity contribution in [2.45, 2.75) is 25.7 Å². The van der Waals surface area contributed by atoms with Crippen LogP contribution in [0.3, 0.4) is 0 Å². The van der Waals surface area contributed by atoms with Gasteiger partial charge in [0, 0.05) is 16.6 Å². The molecule has 0 saturated carbocycles. The summed E-state index contributed by atoms with van der Waals surface area (Å²) >= 11 is 1.57. The van der Waals surface area contributed by atoms with Crippen molar-refractivity contribution in [2.75, 3.05) is 17.4 Å². The largest absolute Gasteiger partial charge is 0.454 e. The zero-order valence-electron chi connectivity index (χ0n) is 11.8. The van der Waals surface area contributed by atoms with Crippen LogP contribution in [-0.2, 0) is 12.8 Å². The summed E-state index contributed by atoms with van der Waals surface area (Å²) in [6.07, 6.45) is 4.47. The molecule has 1 aromatic heterocycles. The number of benzene rings is 1. The maximum atomic E-state index is 12.1. The van der Waals surface area contributed by atoms with Crippen LogP contribution in [0.4, 0.5) is 15.6 Å². The summed E-state index contributed by atoms with van der Waals surface area (Å²) in [6.45, 7) is 0.218. The van der Waals surface area contributed by atoms with Gasteiger partial charge >= 0.3 is 6.03 Å². The first-order chi connectivity index (χ1) is 10.8. The van der Waals surface area contributed by atoms with Crippen LogP contribution in [0.25, 0.3) is 0 Å². The van der Waals surface area contributed by atoms with Crippen molar-refractivity contribution in [3.05, 3.63) is 28.8 Å². The summed E-state index contributed by atoms with van der Waals surface area (Å²) in [7, 11) is 0. The van der Waals surface area contributed by atoms with Crippen LogP contribution in [0.15, 0.2) is 18.2 Å². The fraction of sp³-hybridized carbons (Fsp3) is 0.333. The van der Waals surface area contributed by atoms with Crippen molar-refractivity contribution < 1.29 is 14.3 Å². The summed E-state index contributed by atoms with van der Waals surface area (Å²) in [6, 6.07) is 5.00. The van der Waals surface area contributed by atoms with Gasteiger partial charge in [-0.1, -0.05) is 0 Å². The van der Waals surface area contributed by atoms with E-state index in [9.17, 15) is 4.79 Å². The third-order valence-electron chi connectivity index (χ3n) is 3.70. The van der Waals surface area contributed by atoms with Gasteiger partial charge in [0.1, 0.15) is 0 Å². The molecule has 114 valence electrons. The standard InChI is InChI=1S/C15H15N3O3S/c19-14(16-9-5-6-11-12(7-9)21-8-20-11)18-15-17-10-3-1-2-4-13(10)22-15/h5-7H,1-4,8H2,(H2,16,17,18,19). The van der Waals surface area contributed by atoms with E-state index < -0.39 is 0 Å². The van der Waals surface area contributed by atoms with E-state index >= 15 is 0 Å². The molecule has 22 heavy (non-hydrogen) atoms. The molecule has 2 aromatic rings. The Morgan fingerprint density at radius 3 is 2.91 bits per heavy atom. The lowest BCUT2D eigenvalue weighted by Gasteiger charge is -2.06. The maximum absolute atomic E-state index is 12.1. The molecule has 0 spiro atoms. The Morgan fingerprint density at radius 2 is 2.00 bits per heavy atom. The number of amides is 2. The third kappa shape index (κ3) is 2.59. The number of aromatic nitrogens is 1. The number of hydrogen-bond acceptors (Lipinski definition) is 5. The first kappa shape index (κ1) is 13.4. The highest BCUT2D eigenvalue weighted by atomic mass is 32.1. The number of ether oxygens (including phenoxy) is 2. The average Bonchev–Trinajstić information content (AvgIpc) is 3.11. The highest BCUT2D eigenvalue weighted by molar-refractivity contribution is 7.15. The van der Waals surface area contributed by atoms with Gasteiger partial charge in [-0.05, 0) is 37.8 Å². The van der Waals surface area contributed by atoms with Gasteiger partial charge in [-0.25, -0.2) is 9.78 Å². The Labute approximate surface area is 131 Å². The van der Waals surface area contributed by atoms with Crippen LogP contribution in [0.2, 0.25) is 0 Å². The Kier molecular flexibility index (Phi) is 3.34. The highest BCUT2D eigenvalue weighted by Crippen LogP contribution is 2.34. The van der Waals surface area contributed by atoms with Gasteiger partial charge in [0.25, 0.3) is 0 Å². The summed E-state index contributed by atoms with van der Waals surface area (Å²) in [5.74, 6) is 1.33. The number of nitrogens with one attached hydrogen (secondary N) is 2. The second kappa shape index (κ2) is 5.49. The van der Waals surface area contributed by atoms with Gasteiger partial charge < -0.3 is 14.8 Å². The van der Waals surface area contributed by atoms with E-state index in [4.69, 9.17) is 9.47 Å². The van der Waals surface area contributed by atoms with Crippen molar-refractivity contribution in [1.82, 2.24) is 4.98 Å². The van der Waals surface area contributed by atoms with Gasteiger partial charge in [-0.15, -0.1) is 11.3 Å². The van der Waals surface area contributed by atoms with Crippen LogP contribution in [0.5, 0.6) is 11.5 Å². The molecule has 0 radical (unpaired) electrons. The Bertz CT molecular complexity index is 705. The lowest BCUT2D eigenvalue weighted by atomic mass is 10.0. The minimum atomic E-state index is -0.301. The molecule has 1 aliphatic heterocycles. The van der Waals surface area contributed by atoms with Crippen LogP contribution < -0.4 is 20.1 Å². The number of hydrogen-bond donors (Lipinski definition) is 2. The summed E-state index contributed by atoms with van der Waals surface area (Å²) in [5, 5.41) is 6.24. The van der Waals surface area contributed by atoms with Crippen molar-refractivity contribution >= 4 is 28.2 Å². The van der Waals surface area contributed by atoms with E-state index in [1.165, 1.54) is 17.7 Å². The molecule has 1 aliphatic carbocycles. The minimum absolute atomic E-state index is 0.218. The normalized spacial score (nSPS) is 15.3. The molecule has 2 N–H and O–H groups in total. The number of rotatable bonds is 2. The van der Waals surface area contributed by atoms with E-state index in [2.05, 4.69) is 15.6 Å². The second-order valence-corrected chi connectivity index (χ2v) is 6.33. The van der Waals surface area contributed by atoms with Crippen LogP contribution in [-0.4, -0.2) is 17.8 Å². The molecule has 2 aliphatic rings. The summed E-state index contributed by atoms with van der Waals surface area (Å²) < 4.78 is 10.5. The van der Waals surface area contributed by atoms with Crippen molar-refractivity contribution in [1.29, 1.82) is 0 Å². The molecule has 1 aromatic carbocycles. The van der Waals surface area contributed by atoms with Gasteiger partial charge in [-0.3, -0.25) is 5.32 Å². The Morgan fingerprint density at radius 1 is 1.14 bits per heavy atom. The molecule has 4 rings (SSSR count). The molecule has 2 heterocycles. The van der Waals surface area contributed by atoms with Gasteiger partial charge in [0.15, 0.2) is 16.6 Å². The monoisotopic (exact) mass is 317 g/mol. The van der Waals surface area contributed by atoms with Gasteiger partial charge in [0.05, 0.1) is 5.69 Å². The number of fused-ring (bicyclic) bond motifs is 2. The Balaban J connectivity index is 1.43. The van der Waals surface area contributed by atoms with Crippen molar-refractivity contribution in [2.24, 2.45) is 0 Å². The molecule has 0 bridgehead atoms. The van der Waals surface area contributed by atoms with Crippen molar-refractivity contribution in [3.8, 4) is 11.5 Å². The molecule has 6 nitrogen and oxygen atoms in total.